The fourth-order valence-corrected chi connectivity index (χ4v) is 2.89. The van der Waals surface area contributed by atoms with Crippen molar-refractivity contribution in [1.29, 1.82) is 0 Å². The highest BCUT2D eigenvalue weighted by molar-refractivity contribution is 5.92. The summed E-state index contributed by atoms with van der Waals surface area (Å²) < 4.78 is 10.9. The first-order valence-electron chi connectivity index (χ1n) is 9.12. The van der Waals surface area contributed by atoms with Crippen LogP contribution in [0.2, 0.25) is 0 Å². The Labute approximate surface area is 167 Å². The number of ether oxygens (including phenoxy) is 2. The van der Waals surface area contributed by atoms with Gasteiger partial charge < -0.3 is 14.8 Å². The lowest BCUT2D eigenvalue weighted by Gasteiger charge is -2.12. The Morgan fingerprint density at radius 1 is 1.00 bits per heavy atom. The Balaban J connectivity index is 1.50. The van der Waals surface area contributed by atoms with E-state index in [1.807, 2.05) is 49.4 Å². The van der Waals surface area contributed by atoms with Crippen molar-refractivity contribution < 1.29 is 14.3 Å². The number of amides is 1. The number of fused-ring (bicyclic) bond motifs is 1. The van der Waals surface area contributed by atoms with Crippen LogP contribution in [-0.2, 0) is 4.79 Å². The molecule has 0 aliphatic heterocycles. The SMILES string of the molecule is COc1ccc(NC(=O)COc2ccc(C)cc2-n2nc3ccccc3n2)cc1. The predicted octanol–water partition coefficient (Wildman–Crippen LogP) is 3.76. The number of carbonyl (C=O) groups is 1. The molecule has 0 unspecified atom stereocenters. The zero-order valence-corrected chi connectivity index (χ0v) is 16.1. The Morgan fingerprint density at radius 2 is 1.69 bits per heavy atom. The average Bonchev–Trinajstić information content (AvgIpc) is 3.17. The first kappa shape index (κ1) is 18.5. The fourth-order valence-electron chi connectivity index (χ4n) is 2.89. The minimum absolute atomic E-state index is 0.136. The lowest BCUT2D eigenvalue weighted by molar-refractivity contribution is -0.118. The Hall–Kier alpha value is -3.87. The van der Waals surface area contributed by atoms with E-state index in [9.17, 15) is 4.79 Å². The van der Waals surface area contributed by atoms with Crippen LogP contribution in [0.1, 0.15) is 5.56 Å². The van der Waals surface area contributed by atoms with E-state index >= 15 is 0 Å². The second kappa shape index (κ2) is 8.02. The number of methoxy groups -OCH3 is 1. The van der Waals surface area contributed by atoms with Crippen LogP contribution in [0, 0.1) is 6.92 Å². The van der Waals surface area contributed by atoms with Crippen LogP contribution in [0.25, 0.3) is 16.7 Å². The summed E-state index contributed by atoms with van der Waals surface area (Å²) in [5, 5.41) is 11.8. The van der Waals surface area contributed by atoms with E-state index in [1.165, 1.54) is 4.80 Å². The van der Waals surface area contributed by atoms with Gasteiger partial charge in [0, 0.05) is 5.69 Å². The highest BCUT2D eigenvalue weighted by Crippen LogP contribution is 2.24. The Morgan fingerprint density at radius 3 is 2.34 bits per heavy atom. The van der Waals surface area contributed by atoms with Crippen molar-refractivity contribution in [1.82, 2.24) is 15.0 Å². The highest BCUT2D eigenvalue weighted by atomic mass is 16.5. The van der Waals surface area contributed by atoms with Crippen LogP contribution >= 0.6 is 0 Å². The third-order valence-electron chi connectivity index (χ3n) is 4.35. The molecule has 29 heavy (non-hydrogen) atoms. The molecule has 1 amide bonds. The summed E-state index contributed by atoms with van der Waals surface area (Å²) in [6.07, 6.45) is 0. The second-order valence-corrected chi connectivity index (χ2v) is 6.51. The molecular weight excluding hydrogens is 368 g/mol. The smallest absolute Gasteiger partial charge is 0.262 e. The molecule has 0 saturated carbocycles. The predicted molar refractivity (Wildman–Crippen MR) is 111 cm³/mol. The normalized spacial score (nSPS) is 10.7. The maximum atomic E-state index is 12.3. The topological polar surface area (TPSA) is 78.3 Å². The second-order valence-electron chi connectivity index (χ2n) is 6.51. The molecule has 0 atom stereocenters. The van der Waals surface area contributed by atoms with Crippen LogP contribution in [0.3, 0.4) is 0 Å². The van der Waals surface area contributed by atoms with Crippen molar-refractivity contribution in [3.05, 3.63) is 72.3 Å². The van der Waals surface area contributed by atoms with Crippen LogP contribution in [0.15, 0.2) is 66.7 Å². The monoisotopic (exact) mass is 388 g/mol. The number of nitrogens with zero attached hydrogens (tertiary/aromatic N) is 3. The zero-order valence-electron chi connectivity index (χ0n) is 16.1. The lowest BCUT2D eigenvalue weighted by atomic mass is 10.2. The molecule has 7 heteroatoms. The quantitative estimate of drug-likeness (QED) is 0.544. The number of aromatic nitrogens is 3. The van der Waals surface area contributed by atoms with Gasteiger partial charge in [0.25, 0.3) is 5.91 Å². The third-order valence-corrected chi connectivity index (χ3v) is 4.35. The van der Waals surface area contributed by atoms with Gasteiger partial charge in [0.05, 0.1) is 7.11 Å². The van der Waals surface area contributed by atoms with Crippen LogP contribution in [-0.4, -0.2) is 34.6 Å². The summed E-state index contributed by atoms with van der Waals surface area (Å²) in [5.41, 5.74) is 3.97. The standard InChI is InChI=1S/C22H20N4O3/c1-15-7-12-21(20(13-15)26-24-18-5-3-4-6-19(18)25-26)29-14-22(27)23-16-8-10-17(28-2)11-9-16/h3-13H,14H2,1-2H3,(H,23,27). The van der Waals surface area contributed by atoms with Crippen LogP contribution in [0.4, 0.5) is 5.69 Å². The van der Waals surface area contributed by atoms with Gasteiger partial charge in [-0.25, -0.2) is 0 Å². The van der Waals surface area contributed by atoms with Crippen molar-refractivity contribution in [3.8, 4) is 17.2 Å². The largest absolute Gasteiger partial charge is 0.497 e. The molecule has 0 radical (unpaired) electrons. The summed E-state index contributed by atoms with van der Waals surface area (Å²) in [6.45, 7) is 1.84. The highest BCUT2D eigenvalue weighted by Gasteiger charge is 2.12. The van der Waals surface area contributed by atoms with E-state index in [0.29, 0.717) is 17.1 Å². The van der Waals surface area contributed by atoms with Gasteiger partial charge in [-0.2, -0.15) is 0 Å². The molecule has 1 heterocycles. The van der Waals surface area contributed by atoms with E-state index in [2.05, 4.69) is 15.5 Å². The van der Waals surface area contributed by atoms with Gasteiger partial charge in [-0.05, 0) is 61.0 Å². The number of aryl methyl sites for hydroxylation is 1. The molecule has 4 rings (SSSR count). The summed E-state index contributed by atoms with van der Waals surface area (Å²) in [6, 6.07) is 20.4. The lowest BCUT2D eigenvalue weighted by Crippen LogP contribution is -2.20. The number of benzene rings is 3. The van der Waals surface area contributed by atoms with Crippen molar-refractivity contribution in [2.24, 2.45) is 0 Å². The van der Waals surface area contributed by atoms with E-state index in [4.69, 9.17) is 9.47 Å². The average molecular weight is 388 g/mol. The van der Waals surface area contributed by atoms with Crippen molar-refractivity contribution in [2.75, 3.05) is 19.0 Å². The van der Waals surface area contributed by atoms with Gasteiger partial charge in [-0.1, -0.05) is 18.2 Å². The fraction of sp³-hybridized carbons (Fsp3) is 0.136. The summed E-state index contributed by atoms with van der Waals surface area (Å²) in [4.78, 5) is 13.8. The number of rotatable bonds is 6. The number of hydrogen-bond acceptors (Lipinski definition) is 5. The van der Waals surface area contributed by atoms with Gasteiger partial charge in [-0.3, -0.25) is 4.79 Å². The Kier molecular flexibility index (Phi) is 5.11. The molecule has 1 N–H and O–H groups in total. The molecule has 1 aromatic heterocycles. The van der Waals surface area contributed by atoms with Gasteiger partial charge in [0.2, 0.25) is 0 Å². The summed E-state index contributed by atoms with van der Waals surface area (Å²) >= 11 is 0. The first-order valence-corrected chi connectivity index (χ1v) is 9.12. The molecular formula is C22H20N4O3. The molecule has 3 aromatic carbocycles. The molecule has 0 bridgehead atoms. The maximum absolute atomic E-state index is 12.3. The number of carbonyl (C=O) groups excluding carboxylic acids is 1. The van der Waals surface area contributed by atoms with Crippen molar-refractivity contribution in [3.63, 3.8) is 0 Å². The number of anilines is 1. The molecule has 0 saturated heterocycles. The van der Waals surface area contributed by atoms with E-state index in [0.717, 1.165) is 22.3 Å². The summed E-state index contributed by atoms with van der Waals surface area (Å²) in [5.74, 6) is 0.990. The molecule has 0 aliphatic carbocycles. The van der Waals surface area contributed by atoms with Gasteiger partial charge >= 0.3 is 0 Å². The van der Waals surface area contributed by atoms with E-state index in [1.54, 1.807) is 31.4 Å². The van der Waals surface area contributed by atoms with Gasteiger partial charge in [0.1, 0.15) is 28.2 Å². The number of nitrogens with one attached hydrogen (secondary N) is 1. The molecule has 0 aliphatic rings. The van der Waals surface area contributed by atoms with Gasteiger partial charge in [-0.15, -0.1) is 15.0 Å². The molecule has 4 aromatic rings. The molecule has 7 nitrogen and oxygen atoms in total. The van der Waals surface area contributed by atoms with Crippen LogP contribution in [0.5, 0.6) is 11.5 Å². The number of hydrogen-bond donors (Lipinski definition) is 1. The minimum atomic E-state index is -0.264. The Bertz CT molecular complexity index is 1120. The van der Waals surface area contributed by atoms with Crippen molar-refractivity contribution in [2.45, 2.75) is 6.92 Å². The zero-order chi connectivity index (χ0) is 20.2. The molecule has 146 valence electrons. The first-order chi connectivity index (χ1) is 14.1. The third kappa shape index (κ3) is 4.19. The van der Waals surface area contributed by atoms with Gasteiger partial charge in [0.15, 0.2) is 6.61 Å². The van der Waals surface area contributed by atoms with E-state index < -0.39 is 0 Å². The van der Waals surface area contributed by atoms with Crippen molar-refractivity contribution >= 4 is 22.6 Å². The molecule has 0 fully saturated rings. The maximum Gasteiger partial charge on any atom is 0.262 e. The van der Waals surface area contributed by atoms with Crippen LogP contribution < -0.4 is 14.8 Å². The minimum Gasteiger partial charge on any atom is -0.497 e. The molecule has 0 spiro atoms. The van der Waals surface area contributed by atoms with E-state index in [-0.39, 0.29) is 12.5 Å². The summed E-state index contributed by atoms with van der Waals surface area (Å²) in [7, 11) is 1.60.